The smallest absolute Gasteiger partial charge is 0.325 e. The van der Waals surface area contributed by atoms with Crippen molar-refractivity contribution >= 4 is 35.6 Å². The highest BCUT2D eigenvalue weighted by atomic mass is 16.4. The summed E-state index contributed by atoms with van der Waals surface area (Å²) in [7, 11) is 0. The highest BCUT2D eigenvalue weighted by molar-refractivity contribution is 5.95. The highest BCUT2D eigenvalue weighted by Gasteiger charge is 2.33. The number of nitrogens with one attached hydrogen (secondary N) is 4. The molecule has 0 aliphatic heterocycles. The van der Waals surface area contributed by atoms with E-state index in [0.717, 1.165) is 0 Å². The van der Waals surface area contributed by atoms with Crippen molar-refractivity contribution < 1.29 is 44.1 Å². The van der Waals surface area contributed by atoms with Crippen molar-refractivity contribution in [3.8, 4) is 0 Å². The Bertz CT molecular complexity index is 831. The molecule has 0 unspecified atom stereocenters. The second-order valence-corrected chi connectivity index (χ2v) is 9.75. The van der Waals surface area contributed by atoms with Crippen LogP contribution in [0.3, 0.4) is 0 Å². The summed E-state index contributed by atoms with van der Waals surface area (Å²) in [5.74, 6) is -6.24. The lowest BCUT2D eigenvalue weighted by atomic mass is 10.00. The third kappa shape index (κ3) is 12.5. The molecule has 9 N–H and O–H groups in total. The molecule has 0 rings (SSSR count). The van der Waals surface area contributed by atoms with Gasteiger partial charge in [0, 0.05) is 6.42 Å². The average molecular weight is 532 g/mol. The van der Waals surface area contributed by atoms with Crippen molar-refractivity contribution in [2.45, 2.75) is 97.1 Å². The number of hydrogen-bond acceptors (Lipinski definition) is 8. The molecular weight excluding hydrogens is 490 g/mol. The highest BCUT2D eigenvalue weighted by Crippen LogP contribution is 2.09. The number of carboxylic acids is 2. The maximum atomic E-state index is 13.1. The first-order valence-corrected chi connectivity index (χ1v) is 12.1. The maximum absolute atomic E-state index is 13.1. The average Bonchev–Trinajstić information content (AvgIpc) is 2.77. The van der Waals surface area contributed by atoms with Gasteiger partial charge in [0.25, 0.3) is 0 Å². The van der Waals surface area contributed by atoms with E-state index in [0.29, 0.717) is 0 Å². The molecule has 0 aromatic heterocycles. The van der Waals surface area contributed by atoms with Gasteiger partial charge in [0.05, 0.1) is 6.10 Å². The SMILES string of the molecule is CC(C)C[C@H](NC(=O)[C@H](CCC(=O)O)NC(=O)[C@@H](NC(=O)[C@@H](N)[C@@H](C)O)C(C)C)C(=O)N[C@@H](C)C(=O)O. The first kappa shape index (κ1) is 33.7. The summed E-state index contributed by atoms with van der Waals surface area (Å²) in [4.78, 5) is 73.2. The minimum atomic E-state index is -1.38. The van der Waals surface area contributed by atoms with E-state index in [9.17, 15) is 33.9 Å². The lowest BCUT2D eigenvalue weighted by Gasteiger charge is -2.28. The first-order valence-electron chi connectivity index (χ1n) is 12.1. The van der Waals surface area contributed by atoms with E-state index >= 15 is 0 Å². The molecule has 0 aliphatic rings. The van der Waals surface area contributed by atoms with Crippen LogP contribution in [-0.2, 0) is 28.8 Å². The van der Waals surface area contributed by atoms with Crippen molar-refractivity contribution in [1.29, 1.82) is 0 Å². The Balaban J connectivity index is 5.77. The Labute approximate surface area is 216 Å². The number of aliphatic hydroxyl groups excluding tert-OH is 1. The number of hydrogen-bond donors (Lipinski definition) is 8. The largest absolute Gasteiger partial charge is 0.481 e. The van der Waals surface area contributed by atoms with Crippen LogP contribution in [0, 0.1) is 11.8 Å². The standard InChI is InChI=1S/C23H41N5O9/c1-10(2)9-15(20(33)25-12(5)23(36)37)27-19(32)14(7-8-16(30)31)26-22(35)18(11(3)4)28-21(34)17(24)13(6)29/h10-15,17-18,29H,7-9,24H2,1-6H3,(H,25,33)(H,26,35)(H,27,32)(H,28,34)(H,30,31)(H,36,37)/t12-,13+,14-,15-,17-,18-/m0/s1. The summed E-state index contributed by atoms with van der Waals surface area (Å²) in [6.45, 7) is 9.38. The van der Waals surface area contributed by atoms with Gasteiger partial charge in [-0.3, -0.25) is 28.8 Å². The Morgan fingerprint density at radius 3 is 1.68 bits per heavy atom. The summed E-state index contributed by atoms with van der Waals surface area (Å²) in [6, 6.07) is -6.22. The summed E-state index contributed by atoms with van der Waals surface area (Å²) in [5, 5.41) is 37.3. The van der Waals surface area contributed by atoms with Crippen LogP contribution in [0.2, 0.25) is 0 Å². The molecule has 4 amide bonds. The summed E-state index contributed by atoms with van der Waals surface area (Å²) in [6.07, 6.45) is -1.84. The number of aliphatic hydroxyl groups is 1. The quantitative estimate of drug-likeness (QED) is 0.112. The van der Waals surface area contributed by atoms with Crippen LogP contribution in [0.5, 0.6) is 0 Å². The van der Waals surface area contributed by atoms with Crippen molar-refractivity contribution in [2.24, 2.45) is 17.6 Å². The molecule has 0 spiro atoms. The molecule has 0 radical (unpaired) electrons. The Kier molecular flexibility index (Phi) is 14.4. The van der Waals surface area contributed by atoms with Gasteiger partial charge in [0.15, 0.2) is 0 Å². The fourth-order valence-electron chi connectivity index (χ4n) is 3.15. The van der Waals surface area contributed by atoms with Crippen LogP contribution in [0.15, 0.2) is 0 Å². The predicted octanol–water partition coefficient (Wildman–Crippen LogP) is -1.69. The fraction of sp³-hybridized carbons (Fsp3) is 0.739. The van der Waals surface area contributed by atoms with E-state index in [1.165, 1.54) is 13.8 Å². The van der Waals surface area contributed by atoms with E-state index in [1.54, 1.807) is 27.7 Å². The number of amides is 4. The van der Waals surface area contributed by atoms with Gasteiger partial charge in [-0.2, -0.15) is 0 Å². The molecule has 0 fully saturated rings. The Hall–Kier alpha value is -3.26. The van der Waals surface area contributed by atoms with Crippen molar-refractivity contribution in [1.82, 2.24) is 21.3 Å². The molecule has 0 bridgehead atoms. The van der Waals surface area contributed by atoms with Gasteiger partial charge in [-0.05, 0) is 38.5 Å². The minimum Gasteiger partial charge on any atom is -0.481 e. The zero-order valence-corrected chi connectivity index (χ0v) is 22.1. The second kappa shape index (κ2) is 15.8. The van der Waals surface area contributed by atoms with Crippen LogP contribution in [0.1, 0.15) is 60.8 Å². The molecule has 212 valence electrons. The number of nitrogens with two attached hydrogens (primary N) is 1. The van der Waals surface area contributed by atoms with Gasteiger partial charge in [-0.25, -0.2) is 0 Å². The molecule has 14 nitrogen and oxygen atoms in total. The van der Waals surface area contributed by atoms with E-state index in [2.05, 4.69) is 21.3 Å². The van der Waals surface area contributed by atoms with Gasteiger partial charge in [0.2, 0.25) is 23.6 Å². The lowest BCUT2D eigenvalue weighted by molar-refractivity contribution is -0.142. The third-order valence-electron chi connectivity index (χ3n) is 5.42. The molecule has 0 aromatic rings. The summed E-state index contributed by atoms with van der Waals surface area (Å²) in [5.41, 5.74) is 5.62. The molecule has 0 aromatic carbocycles. The molecule has 14 heteroatoms. The number of carboxylic acid groups (broad SMARTS) is 2. The Morgan fingerprint density at radius 1 is 0.730 bits per heavy atom. The van der Waals surface area contributed by atoms with E-state index in [-0.39, 0.29) is 18.8 Å². The molecule has 6 atom stereocenters. The maximum Gasteiger partial charge on any atom is 0.325 e. The molecule has 0 heterocycles. The molecule has 0 aliphatic carbocycles. The van der Waals surface area contributed by atoms with E-state index in [4.69, 9.17) is 15.9 Å². The van der Waals surface area contributed by atoms with Crippen LogP contribution < -0.4 is 27.0 Å². The number of aliphatic carboxylic acids is 2. The molecule has 37 heavy (non-hydrogen) atoms. The van der Waals surface area contributed by atoms with Crippen LogP contribution in [-0.4, -0.2) is 87.2 Å². The van der Waals surface area contributed by atoms with Crippen LogP contribution in [0.25, 0.3) is 0 Å². The molecular formula is C23H41N5O9. The zero-order chi connectivity index (χ0) is 29.0. The predicted molar refractivity (Wildman–Crippen MR) is 132 cm³/mol. The minimum absolute atomic E-state index is 0.0816. The van der Waals surface area contributed by atoms with E-state index < -0.39 is 84.2 Å². The van der Waals surface area contributed by atoms with Crippen LogP contribution in [0.4, 0.5) is 0 Å². The first-order chi connectivity index (χ1) is 17.0. The van der Waals surface area contributed by atoms with Crippen molar-refractivity contribution in [3.05, 3.63) is 0 Å². The summed E-state index contributed by atoms with van der Waals surface area (Å²) >= 11 is 0. The van der Waals surface area contributed by atoms with Gasteiger partial charge in [-0.1, -0.05) is 27.7 Å². The van der Waals surface area contributed by atoms with Gasteiger partial charge in [0.1, 0.15) is 30.2 Å². The third-order valence-corrected chi connectivity index (χ3v) is 5.42. The topological polar surface area (TPSA) is 237 Å². The van der Waals surface area contributed by atoms with Gasteiger partial charge in [-0.15, -0.1) is 0 Å². The van der Waals surface area contributed by atoms with Crippen molar-refractivity contribution in [3.63, 3.8) is 0 Å². The molecule has 0 saturated heterocycles. The fourth-order valence-corrected chi connectivity index (χ4v) is 3.15. The summed E-state index contributed by atoms with van der Waals surface area (Å²) < 4.78 is 0. The van der Waals surface area contributed by atoms with E-state index in [1.807, 2.05) is 0 Å². The molecule has 0 saturated carbocycles. The van der Waals surface area contributed by atoms with Crippen LogP contribution >= 0.6 is 0 Å². The number of carbonyl (C=O) groups excluding carboxylic acids is 4. The lowest BCUT2D eigenvalue weighted by Crippen LogP contribution is -2.60. The van der Waals surface area contributed by atoms with Crippen molar-refractivity contribution in [2.75, 3.05) is 0 Å². The monoisotopic (exact) mass is 531 g/mol. The Morgan fingerprint density at radius 2 is 1.24 bits per heavy atom. The van der Waals surface area contributed by atoms with Gasteiger partial charge >= 0.3 is 11.9 Å². The van der Waals surface area contributed by atoms with Gasteiger partial charge < -0.3 is 42.3 Å². The number of carbonyl (C=O) groups is 6. The zero-order valence-electron chi connectivity index (χ0n) is 22.1. The normalized spacial score (nSPS) is 16.1. The number of rotatable bonds is 16. The second-order valence-electron chi connectivity index (χ2n) is 9.75.